The molecule has 1 N–H and O–H groups in total. The summed E-state index contributed by atoms with van der Waals surface area (Å²) >= 11 is 0. The van der Waals surface area contributed by atoms with E-state index in [0.29, 0.717) is 5.56 Å². The van der Waals surface area contributed by atoms with Crippen LogP contribution in [-0.4, -0.2) is 16.6 Å². The van der Waals surface area contributed by atoms with Gasteiger partial charge in [0.05, 0.1) is 0 Å². The molecule has 0 aliphatic carbocycles. The zero-order chi connectivity index (χ0) is 10.9. The summed E-state index contributed by atoms with van der Waals surface area (Å²) in [5.41, 5.74) is -0.0952. The monoisotopic (exact) mass is 199 g/mol. The van der Waals surface area contributed by atoms with Gasteiger partial charge in [-0.1, -0.05) is 0 Å². The minimum absolute atomic E-state index is 0.178. The molecule has 1 aromatic heterocycles. The molecule has 0 atom stereocenters. The molecule has 3 nitrogen and oxygen atoms in total. The van der Waals surface area contributed by atoms with Gasteiger partial charge in [0.2, 0.25) is 0 Å². The van der Waals surface area contributed by atoms with Crippen molar-refractivity contribution in [1.29, 1.82) is 0 Å². The highest BCUT2D eigenvalue weighted by Gasteiger charge is 2.21. The summed E-state index contributed by atoms with van der Waals surface area (Å²) in [4.78, 5) is 14.0. The van der Waals surface area contributed by atoms with E-state index in [9.17, 15) is 9.18 Å². The van der Waals surface area contributed by atoms with E-state index in [-0.39, 0.29) is 5.69 Å². The van der Waals surface area contributed by atoms with Gasteiger partial charge in [-0.15, -0.1) is 0 Å². The van der Waals surface area contributed by atoms with Crippen molar-refractivity contribution < 1.29 is 13.9 Å². The predicted molar refractivity (Wildman–Crippen MR) is 50.7 cm³/mol. The summed E-state index contributed by atoms with van der Waals surface area (Å²) in [5, 5.41) is 0. The van der Waals surface area contributed by atoms with Crippen LogP contribution in [-0.2, 0) is 4.74 Å². The van der Waals surface area contributed by atoms with Gasteiger partial charge in [-0.25, -0.2) is 9.18 Å². The maximum Gasteiger partial charge on any atom is 0.355 e. The number of rotatable bonds is 1. The van der Waals surface area contributed by atoms with Crippen molar-refractivity contribution in [2.75, 3.05) is 0 Å². The van der Waals surface area contributed by atoms with E-state index in [1.165, 1.54) is 6.92 Å². The van der Waals surface area contributed by atoms with Gasteiger partial charge in [0.25, 0.3) is 0 Å². The van der Waals surface area contributed by atoms with Crippen molar-refractivity contribution in [3.63, 3.8) is 0 Å². The molecular weight excluding hydrogens is 185 g/mol. The van der Waals surface area contributed by atoms with Gasteiger partial charge in [-0.05, 0) is 27.7 Å². The SMILES string of the molecule is Cc1c(F)c[nH]c1C(=O)OC(C)(C)C. The quantitative estimate of drug-likeness (QED) is 0.706. The van der Waals surface area contributed by atoms with Gasteiger partial charge in [0.1, 0.15) is 17.1 Å². The Labute approximate surface area is 82.3 Å². The van der Waals surface area contributed by atoms with Crippen LogP contribution in [0.2, 0.25) is 0 Å². The summed E-state index contributed by atoms with van der Waals surface area (Å²) in [6.45, 7) is 6.82. The molecule has 0 spiro atoms. The van der Waals surface area contributed by atoms with Crippen molar-refractivity contribution in [2.24, 2.45) is 0 Å². The lowest BCUT2D eigenvalue weighted by Crippen LogP contribution is -2.24. The molecule has 4 heteroatoms. The number of H-pyrrole nitrogens is 1. The van der Waals surface area contributed by atoms with Crippen LogP contribution in [0, 0.1) is 12.7 Å². The second kappa shape index (κ2) is 3.44. The summed E-state index contributed by atoms with van der Waals surface area (Å²) in [6.07, 6.45) is 1.15. The van der Waals surface area contributed by atoms with Gasteiger partial charge in [-0.3, -0.25) is 0 Å². The third-order valence-electron chi connectivity index (χ3n) is 1.68. The van der Waals surface area contributed by atoms with Crippen molar-refractivity contribution in [3.05, 3.63) is 23.3 Å². The van der Waals surface area contributed by atoms with Gasteiger partial charge in [0.15, 0.2) is 0 Å². The highest BCUT2D eigenvalue weighted by atomic mass is 19.1. The highest BCUT2D eigenvalue weighted by Crippen LogP contribution is 2.15. The Morgan fingerprint density at radius 2 is 2.07 bits per heavy atom. The van der Waals surface area contributed by atoms with Crippen molar-refractivity contribution in [3.8, 4) is 0 Å². The number of aromatic amines is 1. The first kappa shape index (κ1) is 10.8. The summed E-state index contributed by atoms with van der Waals surface area (Å²) < 4.78 is 18.0. The van der Waals surface area contributed by atoms with E-state index in [2.05, 4.69) is 4.98 Å². The molecule has 0 amide bonds. The fraction of sp³-hybridized carbons (Fsp3) is 0.500. The molecule has 0 fully saturated rings. The van der Waals surface area contributed by atoms with E-state index in [0.717, 1.165) is 6.20 Å². The number of nitrogens with one attached hydrogen (secondary N) is 1. The number of hydrogen-bond acceptors (Lipinski definition) is 2. The van der Waals surface area contributed by atoms with Crippen LogP contribution in [0.15, 0.2) is 6.20 Å². The lowest BCUT2D eigenvalue weighted by atomic mass is 10.2. The van der Waals surface area contributed by atoms with Crippen LogP contribution in [0.3, 0.4) is 0 Å². The largest absolute Gasteiger partial charge is 0.455 e. The number of esters is 1. The molecule has 0 unspecified atom stereocenters. The molecule has 0 saturated carbocycles. The fourth-order valence-corrected chi connectivity index (χ4v) is 1.01. The van der Waals surface area contributed by atoms with Crippen molar-refractivity contribution in [1.82, 2.24) is 4.98 Å². The Hall–Kier alpha value is -1.32. The average molecular weight is 199 g/mol. The molecule has 0 bridgehead atoms. The van der Waals surface area contributed by atoms with Crippen molar-refractivity contribution >= 4 is 5.97 Å². The summed E-state index contributed by atoms with van der Waals surface area (Å²) in [6, 6.07) is 0. The first-order chi connectivity index (χ1) is 6.31. The number of carbonyl (C=O) groups excluding carboxylic acids is 1. The molecule has 0 aliphatic rings. The maximum atomic E-state index is 12.9. The number of hydrogen-bond donors (Lipinski definition) is 1. The number of halogens is 1. The van der Waals surface area contributed by atoms with Crippen LogP contribution in [0.4, 0.5) is 4.39 Å². The van der Waals surface area contributed by atoms with E-state index in [4.69, 9.17) is 4.74 Å². The van der Waals surface area contributed by atoms with Crippen LogP contribution in [0.1, 0.15) is 36.8 Å². The van der Waals surface area contributed by atoms with Gasteiger partial charge in [0, 0.05) is 11.8 Å². The van der Waals surface area contributed by atoms with E-state index >= 15 is 0 Å². The Kier molecular flexibility index (Phi) is 2.64. The van der Waals surface area contributed by atoms with Gasteiger partial charge < -0.3 is 9.72 Å². The Morgan fingerprint density at radius 3 is 2.43 bits per heavy atom. The first-order valence-corrected chi connectivity index (χ1v) is 4.38. The minimum atomic E-state index is -0.564. The second-order valence-electron chi connectivity index (χ2n) is 4.14. The standard InChI is InChI=1S/C10H14FNO2/c1-6-7(11)5-12-8(6)9(13)14-10(2,3)4/h5,12H,1-4H3. The zero-order valence-corrected chi connectivity index (χ0v) is 8.77. The summed E-state index contributed by atoms with van der Waals surface area (Å²) in [7, 11) is 0. The number of ether oxygens (including phenoxy) is 1. The molecule has 78 valence electrons. The second-order valence-corrected chi connectivity index (χ2v) is 4.14. The number of aromatic nitrogens is 1. The first-order valence-electron chi connectivity index (χ1n) is 4.38. The molecule has 0 saturated heterocycles. The fourth-order valence-electron chi connectivity index (χ4n) is 1.01. The molecular formula is C10H14FNO2. The smallest absolute Gasteiger partial charge is 0.355 e. The molecule has 1 aromatic rings. The lowest BCUT2D eigenvalue weighted by molar-refractivity contribution is 0.00626. The third-order valence-corrected chi connectivity index (χ3v) is 1.68. The minimum Gasteiger partial charge on any atom is -0.455 e. The molecule has 0 aliphatic heterocycles. The Morgan fingerprint density at radius 1 is 1.50 bits per heavy atom. The van der Waals surface area contributed by atoms with Crippen LogP contribution < -0.4 is 0 Å². The summed E-state index contributed by atoms with van der Waals surface area (Å²) in [5.74, 6) is -0.954. The molecule has 0 radical (unpaired) electrons. The highest BCUT2D eigenvalue weighted by molar-refractivity contribution is 5.89. The molecule has 0 aromatic carbocycles. The zero-order valence-electron chi connectivity index (χ0n) is 8.77. The van der Waals surface area contributed by atoms with Gasteiger partial charge >= 0.3 is 5.97 Å². The molecule has 1 rings (SSSR count). The van der Waals surface area contributed by atoms with Crippen LogP contribution in [0.5, 0.6) is 0 Å². The van der Waals surface area contributed by atoms with Gasteiger partial charge in [-0.2, -0.15) is 0 Å². The van der Waals surface area contributed by atoms with Crippen LogP contribution in [0.25, 0.3) is 0 Å². The van der Waals surface area contributed by atoms with Crippen molar-refractivity contribution in [2.45, 2.75) is 33.3 Å². The van der Waals surface area contributed by atoms with E-state index in [1.807, 2.05) is 0 Å². The normalized spacial score (nSPS) is 11.5. The predicted octanol–water partition coefficient (Wildman–Crippen LogP) is 2.42. The number of carbonyl (C=O) groups is 1. The van der Waals surface area contributed by atoms with E-state index in [1.54, 1.807) is 20.8 Å². The lowest BCUT2D eigenvalue weighted by Gasteiger charge is -2.19. The maximum absolute atomic E-state index is 12.9. The average Bonchev–Trinajstić information content (AvgIpc) is 2.29. The van der Waals surface area contributed by atoms with Crippen LogP contribution >= 0.6 is 0 Å². The Bertz CT molecular complexity index is 349. The topological polar surface area (TPSA) is 42.1 Å². The Balaban J connectivity index is 2.86. The molecule has 14 heavy (non-hydrogen) atoms. The third kappa shape index (κ3) is 2.34. The van der Waals surface area contributed by atoms with E-state index < -0.39 is 17.4 Å². The molecule has 1 heterocycles.